The number of fused-ring (bicyclic) bond motifs is 2. The Hall–Kier alpha value is -2.09. The lowest BCUT2D eigenvalue weighted by molar-refractivity contribution is -0.151. The molecule has 1 saturated carbocycles. The van der Waals surface area contributed by atoms with Crippen molar-refractivity contribution < 1.29 is 36.9 Å². The largest absolute Gasteiger partial charge is 0.451 e. The Bertz CT molecular complexity index is 987. The molecule has 2 N–H and O–H groups in total. The summed E-state index contributed by atoms with van der Waals surface area (Å²) >= 11 is 0. The van der Waals surface area contributed by atoms with E-state index < -0.39 is 30.2 Å². The fourth-order valence-corrected chi connectivity index (χ4v) is 6.57. The number of rotatable bonds is 7. The molecule has 1 aliphatic carbocycles. The average Bonchev–Trinajstić information content (AvgIpc) is 3.63. The minimum atomic E-state index is -4.65. The number of methoxy groups -OCH3 is 1. The lowest BCUT2D eigenvalue weighted by Gasteiger charge is -2.41. The van der Waals surface area contributed by atoms with E-state index in [9.17, 15) is 27.5 Å². The lowest BCUT2D eigenvalue weighted by atomic mass is 9.78. The molecule has 0 spiro atoms. The predicted molar refractivity (Wildman–Crippen MR) is 123 cm³/mol. The fraction of sp³-hybridized carbons (Fsp3) is 0.792. The number of likely N-dealkylation sites (tertiary alicyclic amines) is 1. The summed E-state index contributed by atoms with van der Waals surface area (Å²) in [5.41, 5.74) is -1.24. The summed E-state index contributed by atoms with van der Waals surface area (Å²) in [5.74, 6) is -1.30. The molecule has 1 unspecified atom stereocenters. The van der Waals surface area contributed by atoms with Crippen molar-refractivity contribution in [3.63, 3.8) is 0 Å². The van der Waals surface area contributed by atoms with Crippen molar-refractivity contribution >= 4 is 11.7 Å². The van der Waals surface area contributed by atoms with Crippen LogP contribution >= 0.6 is 0 Å². The first-order valence-corrected chi connectivity index (χ1v) is 12.7. The summed E-state index contributed by atoms with van der Waals surface area (Å²) in [4.78, 5) is 24.4. The number of anilines is 1. The number of amides is 1. The number of carbonyl (C=O) groups is 1. The molecule has 3 saturated heterocycles. The van der Waals surface area contributed by atoms with Gasteiger partial charge in [-0.05, 0) is 38.2 Å². The molecule has 7 atom stereocenters. The Morgan fingerprint density at radius 3 is 2.84 bits per heavy atom. The summed E-state index contributed by atoms with van der Waals surface area (Å²) in [6, 6.07) is 0.954. The molecule has 0 radical (unpaired) electrons. The number of hydrogen-bond donors (Lipinski definition) is 2. The van der Waals surface area contributed by atoms with Gasteiger partial charge >= 0.3 is 6.18 Å². The van der Waals surface area contributed by atoms with Crippen molar-refractivity contribution in [2.75, 3.05) is 45.0 Å². The zero-order chi connectivity index (χ0) is 26.4. The van der Waals surface area contributed by atoms with E-state index in [1.165, 1.54) is 6.07 Å². The highest BCUT2D eigenvalue weighted by molar-refractivity contribution is 5.85. The van der Waals surface area contributed by atoms with Gasteiger partial charge in [0.05, 0.1) is 36.3 Å². The smallest absolute Gasteiger partial charge is 0.389 e. The number of aromatic nitrogens is 2. The lowest BCUT2D eigenvalue weighted by Crippen LogP contribution is -2.57. The summed E-state index contributed by atoms with van der Waals surface area (Å²) in [6.07, 6.45) is -2.48. The van der Waals surface area contributed by atoms with Gasteiger partial charge in [0, 0.05) is 45.1 Å². The molecule has 3 aliphatic heterocycles. The zero-order valence-electron chi connectivity index (χ0n) is 20.7. The molecule has 1 aromatic rings. The molecule has 4 fully saturated rings. The normalized spacial score (nSPS) is 34.8. The number of halogens is 4. The van der Waals surface area contributed by atoms with Crippen LogP contribution in [-0.4, -0.2) is 102 Å². The number of nitrogens with zero attached hydrogens (tertiary/aromatic N) is 4. The molecule has 9 nitrogen and oxygen atoms in total. The molecule has 2 bridgehead atoms. The van der Waals surface area contributed by atoms with Crippen LogP contribution in [0, 0.1) is 5.41 Å². The van der Waals surface area contributed by atoms with Crippen LogP contribution in [0.4, 0.5) is 23.4 Å². The van der Waals surface area contributed by atoms with Crippen molar-refractivity contribution in [3.05, 3.63) is 18.1 Å². The van der Waals surface area contributed by atoms with E-state index in [4.69, 9.17) is 9.47 Å². The van der Waals surface area contributed by atoms with E-state index in [-0.39, 0.29) is 42.0 Å². The van der Waals surface area contributed by atoms with Gasteiger partial charge in [-0.15, -0.1) is 0 Å². The third-order valence-electron chi connectivity index (χ3n) is 8.51. The molecular formula is C24H33F4N5O4. The Labute approximate surface area is 212 Å². The van der Waals surface area contributed by atoms with E-state index in [1.807, 2.05) is 0 Å². The second-order valence-electron chi connectivity index (χ2n) is 10.6. The number of piperazine rings is 1. The molecule has 13 heteroatoms. The third kappa shape index (κ3) is 4.90. The summed E-state index contributed by atoms with van der Waals surface area (Å²) < 4.78 is 64.1. The van der Waals surface area contributed by atoms with E-state index in [0.29, 0.717) is 52.0 Å². The maximum absolute atomic E-state index is 13.9. The molecule has 1 aromatic heterocycles. The SMILES string of the molecule is CO[C@@H]1COCC[C@@H]1N[C@@H]1CC[C@@](C(=O)N2C[C@@H]3C[C@H]2CN3c2ccnc(C(F)(F)F)n2)(C(O)CF)C1. The van der Waals surface area contributed by atoms with Crippen LogP contribution in [0.5, 0.6) is 0 Å². The molecule has 4 heterocycles. The molecule has 37 heavy (non-hydrogen) atoms. The van der Waals surface area contributed by atoms with Crippen LogP contribution in [0.3, 0.4) is 0 Å². The molecule has 5 rings (SSSR count). The van der Waals surface area contributed by atoms with Crippen LogP contribution in [0.15, 0.2) is 12.3 Å². The van der Waals surface area contributed by atoms with Gasteiger partial charge in [0.25, 0.3) is 0 Å². The molecule has 206 valence electrons. The van der Waals surface area contributed by atoms with E-state index in [1.54, 1.807) is 16.9 Å². The van der Waals surface area contributed by atoms with E-state index in [0.717, 1.165) is 12.6 Å². The van der Waals surface area contributed by atoms with Crippen molar-refractivity contribution in [3.8, 4) is 0 Å². The second kappa shape index (κ2) is 10.2. The number of hydrogen-bond acceptors (Lipinski definition) is 8. The minimum Gasteiger partial charge on any atom is -0.389 e. The van der Waals surface area contributed by atoms with Crippen molar-refractivity contribution in [1.29, 1.82) is 0 Å². The number of aliphatic hydroxyl groups excluding tert-OH is 1. The van der Waals surface area contributed by atoms with Gasteiger partial charge in [0.1, 0.15) is 12.5 Å². The van der Waals surface area contributed by atoms with Crippen LogP contribution in [-0.2, 0) is 20.4 Å². The first kappa shape index (κ1) is 26.5. The van der Waals surface area contributed by atoms with Gasteiger partial charge in [-0.3, -0.25) is 4.79 Å². The van der Waals surface area contributed by atoms with E-state index >= 15 is 0 Å². The highest BCUT2D eigenvalue weighted by Gasteiger charge is 2.56. The molecule has 1 amide bonds. The predicted octanol–water partition coefficient (Wildman–Crippen LogP) is 1.55. The number of nitrogens with one attached hydrogen (secondary N) is 1. The standard InChI is InChI=1S/C24H33F4N5O4/c1-36-18-13-37-7-4-17(18)30-14-2-5-23(9-14,19(34)10-25)22(35)33-12-15-8-16(33)11-32(15)20-3-6-29-21(31-20)24(26,27)28/h3,6,14-19,30,34H,2,4-5,7-13H2,1H3/t14-,15+,16+,17+,18-,19?,23+/m1/s1. The van der Waals surface area contributed by atoms with Gasteiger partial charge in [-0.1, -0.05) is 0 Å². The Morgan fingerprint density at radius 1 is 1.35 bits per heavy atom. The number of ether oxygens (including phenoxy) is 2. The molecule has 0 aromatic carbocycles. The summed E-state index contributed by atoms with van der Waals surface area (Å²) in [6.45, 7) is 0.671. The van der Waals surface area contributed by atoms with Crippen molar-refractivity contribution in [2.24, 2.45) is 5.41 Å². The van der Waals surface area contributed by atoms with Gasteiger partial charge in [-0.25, -0.2) is 14.4 Å². The summed E-state index contributed by atoms with van der Waals surface area (Å²) in [5, 5.41) is 14.3. The van der Waals surface area contributed by atoms with Gasteiger partial charge in [-0.2, -0.15) is 13.2 Å². The highest BCUT2D eigenvalue weighted by atomic mass is 19.4. The number of aliphatic hydroxyl groups is 1. The molecule has 4 aliphatic rings. The van der Waals surface area contributed by atoms with Gasteiger partial charge in [0.15, 0.2) is 0 Å². The molecular weight excluding hydrogens is 498 g/mol. The summed E-state index contributed by atoms with van der Waals surface area (Å²) in [7, 11) is 1.63. The quantitative estimate of drug-likeness (QED) is 0.512. The maximum Gasteiger partial charge on any atom is 0.451 e. The van der Waals surface area contributed by atoms with Gasteiger partial charge in [0.2, 0.25) is 11.7 Å². The maximum atomic E-state index is 13.9. The second-order valence-corrected chi connectivity index (χ2v) is 10.6. The van der Waals surface area contributed by atoms with Crippen molar-refractivity contribution in [2.45, 2.75) is 74.7 Å². The first-order valence-electron chi connectivity index (χ1n) is 12.7. The Balaban J connectivity index is 1.28. The minimum absolute atomic E-state index is 0.0444. The van der Waals surface area contributed by atoms with Crippen LogP contribution in [0.2, 0.25) is 0 Å². The zero-order valence-corrected chi connectivity index (χ0v) is 20.7. The topological polar surface area (TPSA) is 100 Å². The average molecular weight is 532 g/mol. The Kier molecular flexibility index (Phi) is 7.33. The van der Waals surface area contributed by atoms with Crippen LogP contribution < -0.4 is 10.2 Å². The van der Waals surface area contributed by atoms with E-state index in [2.05, 4.69) is 15.3 Å². The third-order valence-corrected chi connectivity index (χ3v) is 8.51. The number of carbonyl (C=O) groups excluding carboxylic acids is 1. The fourth-order valence-electron chi connectivity index (χ4n) is 6.57. The van der Waals surface area contributed by atoms with Crippen LogP contribution in [0.1, 0.15) is 37.9 Å². The first-order chi connectivity index (χ1) is 17.7. The Morgan fingerprint density at radius 2 is 2.16 bits per heavy atom. The highest BCUT2D eigenvalue weighted by Crippen LogP contribution is 2.46. The monoisotopic (exact) mass is 531 g/mol. The number of alkyl halides is 4. The van der Waals surface area contributed by atoms with Crippen molar-refractivity contribution in [1.82, 2.24) is 20.2 Å². The van der Waals surface area contributed by atoms with Crippen LogP contribution in [0.25, 0.3) is 0 Å². The van der Waals surface area contributed by atoms with Gasteiger partial charge < -0.3 is 29.7 Å².